The zero-order valence-electron chi connectivity index (χ0n) is 13.9. The molecule has 0 N–H and O–H groups in total. The average Bonchev–Trinajstić information content (AvgIpc) is 3.10. The highest BCUT2D eigenvalue weighted by molar-refractivity contribution is 7.10. The standard InChI is InChI=1S/C18H23NO3S/c1-10-4-5-13-11(2)14(15-19-8-9-23-15)20-16-18(13)12(10)6-7-17(3,21-16)22-18/h8-10,12-13,16H,4-7H2,1-3H3/t10-,12+,13+,16?,17?,18-/m1/s1. The molecule has 0 radical (unpaired) electrons. The van der Waals surface area contributed by atoms with Crippen molar-refractivity contribution in [2.75, 3.05) is 0 Å². The molecule has 4 aliphatic rings. The summed E-state index contributed by atoms with van der Waals surface area (Å²) in [5, 5.41) is 2.96. The molecule has 3 aliphatic heterocycles. The predicted octanol–water partition coefficient (Wildman–Crippen LogP) is 4.19. The van der Waals surface area contributed by atoms with E-state index in [1.54, 1.807) is 11.3 Å². The lowest BCUT2D eigenvalue weighted by atomic mass is 9.58. The van der Waals surface area contributed by atoms with Gasteiger partial charge in [-0.1, -0.05) is 6.92 Å². The van der Waals surface area contributed by atoms with Gasteiger partial charge in [0.25, 0.3) is 0 Å². The Bertz CT molecular complexity index is 672. The van der Waals surface area contributed by atoms with Gasteiger partial charge in [-0.3, -0.25) is 0 Å². The minimum Gasteiger partial charge on any atom is -0.459 e. The van der Waals surface area contributed by atoms with Crippen molar-refractivity contribution in [3.63, 3.8) is 0 Å². The van der Waals surface area contributed by atoms with Crippen molar-refractivity contribution in [1.29, 1.82) is 0 Å². The fourth-order valence-corrected chi connectivity index (χ4v) is 6.12. The van der Waals surface area contributed by atoms with Gasteiger partial charge in [0.1, 0.15) is 5.60 Å². The molecule has 6 atom stereocenters. The summed E-state index contributed by atoms with van der Waals surface area (Å²) in [7, 11) is 0. The van der Waals surface area contributed by atoms with Gasteiger partial charge in [-0.2, -0.15) is 0 Å². The summed E-state index contributed by atoms with van der Waals surface area (Å²) >= 11 is 1.63. The first-order valence-corrected chi connectivity index (χ1v) is 9.57. The van der Waals surface area contributed by atoms with Crippen LogP contribution in [0.25, 0.3) is 5.76 Å². The van der Waals surface area contributed by atoms with Gasteiger partial charge in [-0.15, -0.1) is 11.3 Å². The van der Waals surface area contributed by atoms with Gasteiger partial charge in [0.15, 0.2) is 16.6 Å². The quantitative estimate of drug-likeness (QED) is 0.773. The van der Waals surface area contributed by atoms with E-state index in [1.165, 1.54) is 18.4 Å². The zero-order chi connectivity index (χ0) is 15.8. The summed E-state index contributed by atoms with van der Waals surface area (Å²) in [6.07, 6.45) is 6.08. The second-order valence-electron chi connectivity index (χ2n) is 7.76. The lowest BCUT2D eigenvalue weighted by Gasteiger charge is -2.55. The first kappa shape index (κ1) is 14.4. The number of hydrogen-bond donors (Lipinski definition) is 0. The maximum Gasteiger partial charge on any atom is 0.232 e. The monoisotopic (exact) mass is 333 g/mol. The van der Waals surface area contributed by atoms with E-state index in [-0.39, 0.29) is 11.9 Å². The summed E-state index contributed by atoms with van der Waals surface area (Å²) in [6.45, 7) is 6.65. The lowest BCUT2D eigenvalue weighted by Crippen LogP contribution is -2.61. The number of ether oxygens (including phenoxy) is 3. The van der Waals surface area contributed by atoms with Crippen LogP contribution in [0, 0.1) is 17.8 Å². The smallest absolute Gasteiger partial charge is 0.232 e. The Morgan fingerprint density at radius 3 is 2.96 bits per heavy atom. The maximum atomic E-state index is 6.65. The molecular formula is C18H23NO3S. The van der Waals surface area contributed by atoms with Crippen molar-refractivity contribution in [3.8, 4) is 0 Å². The topological polar surface area (TPSA) is 40.6 Å². The molecule has 2 unspecified atom stereocenters. The van der Waals surface area contributed by atoms with Crippen LogP contribution in [0.4, 0.5) is 0 Å². The lowest BCUT2D eigenvalue weighted by molar-refractivity contribution is -0.242. The van der Waals surface area contributed by atoms with Crippen LogP contribution < -0.4 is 0 Å². The van der Waals surface area contributed by atoms with Gasteiger partial charge >= 0.3 is 0 Å². The van der Waals surface area contributed by atoms with Gasteiger partial charge < -0.3 is 14.2 Å². The summed E-state index contributed by atoms with van der Waals surface area (Å²) in [4.78, 5) is 4.47. The van der Waals surface area contributed by atoms with Crippen LogP contribution in [-0.2, 0) is 14.2 Å². The fraction of sp³-hybridized carbons (Fsp3) is 0.722. The molecule has 2 bridgehead atoms. The number of fused-ring (bicyclic) bond motifs is 1. The average molecular weight is 333 g/mol. The number of thiazole rings is 1. The summed E-state index contributed by atoms with van der Waals surface area (Å²) < 4.78 is 19.4. The summed E-state index contributed by atoms with van der Waals surface area (Å²) in [5.74, 6) is 2.00. The van der Waals surface area contributed by atoms with Crippen LogP contribution in [0.5, 0.6) is 0 Å². The predicted molar refractivity (Wildman–Crippen MR) is 87.5 cm³/mol. The van der Waals surface area contributed by atoms with Crippen LogP contribution in [-0.4, -0.2) is 22.7 Å². The van der Waals surface area contributed by atoms with Gasteiger partial charge in [-0.25, -0.2) is 4.98 Å². The first-order chi connectivity index (χ1) is 11.0. The van der Waals surface area contributed by atoms with Crippen LogP contribution in [0.15, 0.2) is 17.2 Å². The molecule has 1 aromatic rings. The van der Waals surface area contributed by atoms with E-state index in [9.17, 15) is 0 Å². The van der Waals surface area contributed by atoms with Crippen molar-refractivity contribution in [2.24, 2.45) is 17.8 Å². The molecular weight excluding hydrogens is 310 g/mol. The van der Waals surface area contributed by atoms with Gasteiger partial charge in [0.05, 0.1) is 0 Å². The highest BCUT2D eigenvalue weighted by Crippen LogP contribution is 2.63. The molecule has 3 fully saturated rings. The summed E-state index contributed by atoms with van der Waals surface area (Å²) in [6, 6.07) is 0. The molecule has 0 amide bonds. The molecule has 2 saturated heterocycles. The Labute approximate surface area is 140 Å². The second-order valence-corrected chi connectivity index (χ2v) is 8.65. The minimum atomic E-state index is -0.491. The Hall–Kier alpha value is -0.910. The molecule has 4 nitrogen and oxygen atoms in total. The van der Waals surface area contributed by atoms with Crippen molar-refractivity contribution in [3.05, 3.63) is 22.2 Å². The number of nitrogens with zero attached hydrogens (tertiary/aromatic N) is 1. The molecule has 1 saturated carbocycles. The third-order valence-corrected chi connectivity index (χ3v) is 7.25. The Morgan fingerprint density at radius 2 is 2.17 bits per heavy atom. The van der Waals surface area contributed by atoms with Crippen molar-refractivity contribution < 1.29 is 14.2 Å². The van der Waals surface area contributed by atoms with Gasteiger partial charge in [-0.05, 0) is 50.5 Å². The molecule has 5 rings (SSSR count). The van der Waals surface area contributed by atoms with Crippen LogP contribution >= 0.6 is 11.3 Å². The van der Waals surface area contributed by atoms with Gasteiger partial charge in [0, 0.05) is 23.9 Å². The van der Waals surface area contributed by atoms with E-state index < -0.39 is 5.79 Å². The SMILES string of the molecule is CC1=C(c2nccs2)OC2OC3(C)CC[C@H]4[C@H](C)CC[C@@H]1[C@@]24O3. The Kier molecular flexibility index (Phi) is 2.88. The highest BCUT2D eigenvalue weighted by atomic mass is 32.1. The van der Waals surface area contributed by atoms with Crippen LogP contribution in [0.3, 0.4) is 0 Å². The zero-order valence-corrected chi connectivity index (χ0v) is 14.7. The Balaban J connectivity index is 1.66. The van der Waals surface area contributed by atoms with E-state index in [0.29, 0.717) is 17.8 Å². The van der Waals surface area contributed by atoms with Crippen LogP contribution in [0.1, 0.15) is 51.5 Å². The minimum absolute atomic E-state index is 0.296. The van der Waals surface area contributed by atoms with Crippen LogP contribution in [0.2, 0.25) is 0 Å². The van der Waals surface area contributed by atoms with E-state index in [0.717, 1.165) is 23.6 Å². The maximum absolute atomic E-state index is 6.65. The fourth-order valence-electron chi connectivity index (χ4n) is 5.43. The van der Waals surface area contributed by atoms with E-state index in [4.69, 9.17) is 14.2 Å². The second kappa shape index (κ2) is 4.58. The number of aromatic nitrogens is 1. The van der Waals surface area contributed by atoms with Crippen molar-refractivity contribution >= 4 is 17.1 Å². The van der Waals surface area contributed by atoms with Crippen molar-refractivity contribution in [2.45, 2.75) is 64.1 Å². The highest BCUT2D eigenvalue weighted by Gasteiger charge is 2.70. The first-order valence-electron chi connectivity index (χ1n) is 8.69. The molecule has 23 heavy (non-hydrogen) atoms. The molecule has 4 heterocycles. The molecule has 1 aromatic heterocycles. The van der Waals surface area contributed by atoms with E-state index in [1.807, 2.05) is 11.6 Å². The number of rotatable bonds is 1. The normalized spacial score (nSPS) is 48.1. The van der Waals surface area contributed by atoms with E-state index >= 15 is 0 Å². The summed E-state index contributed by atoms with van der Waals surface area (Å²) in [5.41, 5.74) is 0.998. The molecule has 124 valence electrons. The molecule has 5 heteroatoms. The number of hydrogen-bond acceptors (Lipinski definition) is 5. The molecule has 1 aliphatic carbocycles. The molecule has 0 aromatic carbocycles. The molecule has 1 spiro atoms. The Morgan fingerprint density at radius 1 is 1.30 bits per heavy atom. The largest absolute Gasteiger partial charge is 0.459 e. The third kappa shape index (κ3) is 1.76. The van der Waals surface area contributed by atoms with Crippen molar-refractivity contribution in [1.82, 2.24) is 4.98 Å². The van der Waals surface area contributed by atoms with E-state index in [2.05, 4.69) is 25.8 Å². The third-order valence-electron chi connectivity index (χ3n) is 6.48. The van der Waals surface area contributed by atoms with Gasteiger partial charge in [0.2, 0.25) is 6.29 Å².